The number of hydrogen-bond acceptors (Lipinski definition) is 2. The van der Waals surface area contributed by atoms with E-state index in [1.165, 1.54) is 0 Å². The highest BCUT2D eigenvalue weighted by Gasteiger charge is 2.26. The van der Waals surface area contributed by atoms with Gasteiger partial charge in [0.15, 0.2) is 0 Å². The summed E-state index contributed by atoms with van der Waals surface area (Å²) >= 11 is 12.0. The molecule has 2 nitrogen and oxygen atoms in total. The number of para-hydroxylation sites is 1. The number of nitrogens with two attached hydrogens (primary N) is 1. The Bertz CT molecular complexity index is 615. The molecule has 0 aromatic heterocycles. The number of benzene rings is 2. The number of rotatable bonds is 1. The average Bonchev–Trinajstić information content (AvgIpc) is 2.42. The Kier molecular flexibility index (Phi) is 3.40. The Morgan fingerprint density at radius 1 is 1.05 bits per heavy atom. The molecule has 0 saturated heterocycles. The molecule has 19 heavy (non-hydrogen) atoms. The van der Waals surface area contributed by atoms with Crippen LogP contribution in [0.15, 0.2) is 42.5 Å². The van der Waals surface area contributed by atoms with Crippen LogP contribution in [0.1, 0.15) is 29.7 Å². The second kappa shape index (κ2) is 5.04. The fraction of sp³-hybridized carbons (Fsp3) is 0.200. The molecule has 1 aliphatic rings. The average molecular weight is 294 g/mol. The SMILES string of the molecule is N[C@@H]1CC(c2ccc(Cl)c(Cl)c2)Oc2ccccc21. The normalized spacial score (nSPS) is 21.6. The summed E-state index contributed by atoms with van der Waals surface area (Å²) in [4.78, 5) is 0. The number of fused-ring (bicyclic) bond motifs is 1. The molecule has 3 rings (SSSR count). The van der Waals surface area contributed by atoms with E-state index < -0.39 is 0 Å². The predicted molar refractivity (Wildman–Crippen MR) is 77.8 cm³/mol. The molecule has 2 aromatic rings. The molecule has 1 aliphatic heterocycles. The van der Waals surface area contributed by atoms with Crippen LogP contribution in [-0.2, 0) is 0 Å². The van der Waals surface area contributed by atoms with E-state index in [4.69, 9.17) is 33.7 Å². The van der Waals surface area contributed by atoms with Gasteiger partial charge in [0, 0.05) is 18.0 Å². The topological polar surface area (TPSA) is 35.2 Å². The van der Waals surface area contributed by atoms with Crippen LogP contribution in [0, 0.1) is 0 Å². The van der Waals surface area contributed by atoms with Crippen molar-refractivity contribution in [1.82, 2.24) is 0 Å². The van der Waals surface area contributed by atoms with Gasteiger partial charge in [0.1, 0.15) is 11.9 Å². The largest absolute Gasteiger partial charge is 0.485 e. The van der Waals surface area contributed by atoms with Crippen LogP contribution in [0.25, 0.3) is 0 Å². The van der Waals surface area contributed by atoms with Crippen LogP contribution >= 0.6 is 23.2 Å². The summed E-state index contributed by atoms with van der Waals surface area (Å²) in [5.41, 5.74) is 8.26. The lowest BCUT2D eigenvalue weighted by Gasteiger charge is -2.30. The van der Waals surface area contributed by atoms with Gasteiger partial charge in [0.05, 0.1) is 10.0 Å². The Labute approximate surface area is 122 Å². The highest BCUT2D eigenvalue weighted by atomic mass is 35.5. The summed E-state index contributed by atoms with van der Waals surface area (Å²) in [6, 6.07) is 13.4. The van der Waals surface area contributed by atoms with E-state index >= 15 is 0 Å². The summed E-state index contributed by atoms with van der Waals surface area (Å²) < 4.78 is 6.00. The van der Waals surface area contributed by atoms with Crippen molar-refractivity contribution in [3.8, 4) is 5.75 Å². The minimum absolute atomic E-state index is 0.0237. The number of halogens is 2. The van der Waals surface area contributed by atoms with Gasteiger partial charge in [-0.05, 0) is 23.8 Å². The van der Waals surface area contributed by atoms with Crippen LogP contribution in [0.2, 0.25) is 10.0 Å². The molecular formula is C15H13Cl2NO. The van der Waals surface area contributed by atoms with Gasteiger partial charge in [-0.15, -0.1) is 0 Å². The van der Waals surface area contributed by atoms with Crippen molar-refractivity contribution in [2.24, 2.45) is 5.73 Å². The first-order chi connectivity index (χ1) is 9.15. The maximum atomic E-state index is 6.20. The maximum Gasteiger partial charge on any atom is 0.126 e. The summed E-state index contributed by atoms with van der Waals surface area (Å²) in [6.45, 7) is 0. The molecule has 0 bridgehead atoms. The fourth-order valence-corrected chi connectivity index (χ4v) is 2.68. The van der Waals surface area contributed by atoms with Crippen LogP contribution in [0.5, 0.6) is 5.75 Å². The molecule has 0 radical (unpaired) electrons. The van der Waals surface area contributed by atoms with E-state index in [2.05, 4.69) is 0 Å². The second-order valence-corrected chi connectivity index (χ2v) is 5.47. The van der Waals surface area contributed by atoms with E-state index in [1.54, 1.807) is 6.07 Å². The molecule has 0 fully saturated rings. The molecule has 0 spiro atoms. The van der Waals surface area contributed by atoms with Gasteiger partial charge in [-0.25, -0.2) is 0 Å². The van der Waals surface area contributed by atoms with Crippen molar-refractivity contribution in [2.75, 3.05) is 0 Å². The van der Waals surface area contributed by atoms with Gasteiger partial charge < -0.3 is 10.5 Å². The lowest BCUT2D eigenvalue weighted by molar-refractivity contribution is 0.161. The minimum Gasteiger partial charge on any atom is -0.485 e. The van der Waals surface area contributed by atoms with Crippen molar-refractivity contribution in [3.63, 3.8) is 0 Å². The third-order valence-electron chi connectivity index (χ3n) is 3.37. The highest BCUT2D eigenvalue weighted by molar-refractivity contribution is 6.42. The third kappa shape index (κ3) is 2.44. The molecule has 2 atom stereocenters. The molecule has 2 N–H and O–H groups in total. The third-order valence-corrected chi connectivity index (χ3v) is 4.11. The van der Waals surface area contributed by atoms with Crippen LogP contribution < -0.4 is 10.5 Å². The van der Waals surface area contributed by atoms with Gasteiger partial charge in [-0.3, -0.25) is 0 Å². The first-order valence-electron chi connectivity index (χ1n) is 6.11. The monoisotopic (exact) mass is 293 g/mol. The van der Waals surface area contributed by atoms with Crippen LogP contribution in [0.4, 0.5) is 0 Å². The van der Waals surface area contributed by atoms with E-state index in [1.807, 2.05) is 36.4 Å². The Balaban J connectivity index is 1.94. The Morgan fingerprint density at radius 3 is 2.63 bits per heavy atom. The zero-order valence-corrected chi connectivity index (χ0v) is 11.7. The molecule has 4 heteroatoms. The van der Waals surface area contributed by atoms with E-state index in [9.17, 15) is 0 Å². The van der Waals surface area contributed by atoms with Gasteiger partial charge in [0.2, 0.25) is 0 Å². The maximum absolute atomic E-state index is 6.20. The standard InChI is InChI=1S/C15H13Cl2NO/c16-11-6-5-9(7-12(11)17)15-8-13(18)10-3-1-2-4-14(10)19-15/h1-7,13,15H,8,18H2/t13-,15?/m1/s1. The van der Waals surface area contributed by atoms with Crippen LogP contribution in [0.3, 0.4) is 0 Å². The van der Waals surface area contributed by atoms with Crippen molar-refractivity contribution < 1.29 is 4.74 Å². The Hall–Kier alpha value is -1.22. The summed E-state index contributed by atoms with van der Waals surface area (Å²) in [6.07, 6.45) is 0.647. The van der Waals surface area contributed by atoms with Crippen LogP contribution in [-0.4, -0.2) is 0 Å². The first-order valence-corrected chi connectivity index (χ1v) is 6.87. The lowest BCUT2D eigenvalue weighted by Crippen LogP contribution is -2.24. The van der Waals surface area contributed by atoms with E-state index in [-0.39, 0.29) is 12.1 Å². The predicted octanol–water partition coefficient (Wildman–Crippen LogP) is 4.52. The van der Waals surface area contributed by atoms with Gasteiger partial charge in [-0.2, -0.15) is 0 Å². The van der Waals surface area contributed by atoms with Crippen molar-refractivity contribution >= 4 is 23.2 Å². The molecule has 2 aromatic carbocycles. The quantitative estimate of drug-likeness (QED) is 0.839. The van der Waals surface area contributed by atoms with Gasteiger partial charge >= 0.3 is 0 Å². The van der Waals surface area contributed by atoms with Crippen molar-refractivity contribution in [1.29, 1.82) is 0 Å². The molecule has 1 unspecified atom stereocenters. The van der Waals surface area contributed by atoms with E-state index in [0.717, 1.165) is 23.3 Å². The molecular weight excluding hydrogens is 281 g/mol. The summed E-state index contributed by atoms with van der Waals surface area (Å²) in [7, 11) is 0. The second-order valence-electron chi connectivity index (χ2n) is 4.66. The first kappa shape index (κ1) is 12.8. The fourth-order valence-electron chi connectivity index (χ4n) is 2.37. The van der Waals surface area contributed by atoms with Crippen molar-refractivity contribution in [2.45, 2.75) is 18.6 Å². The molecule has 0 aliphatic carbocycles. The minimum atomic E-state index is -0.0836. The smallest absolute Gasteiger partial charge is 0.126 e. The number of ether oxygens (including phenoxy) is 1. The van der Waals surface area contributed by atoms with Gasteiger partial charge in [0.25, 0.3) is 0 Å². The molecule has 98 valence electrons. The molecule has 0 saturated carbocycles. The van der Waals surface area contributed by atoms with Crippen molar-refractivity contribution in [3.05, 3.63) is 63.6 Å². The number of hydrogen-bond donors (Lipinski definition) is 1. The zero-order chi connectivity index (χ0) is 13.4. The zero-order valence-electron chi connectivity index (χ0n) is 10.1. The molecule has 1 heterocycles. The summed E-state index contributed by atoms with van der Waals surface area (Å²) in [5, 5.41) is 1.08. The highest BCUT2D eigenvalue weighted by Crippen LogP contribution is 2.40. The van der Waals surface area contributed by atoms with Gasteiger partial charge in [-0.1, -0.05) is 47.5 Å². The lowest BCUT2D eigenvalue weighted by atomic mass is 9.94. The Morgan fingerprint density at radius 2 is 1.84 bits per heavy atom. The molecule has 0 amide bonds. The van der Waals surface area contributed by atoms with E-state index in [0.29, 0.717) is 10.0 Å². The summed E-state index contributed by atoms with van der Waals surface area (Å²) in [5.74, 6) is 0.845.